The first-order valence-corrected chi connectivity index (χ1v) is 8.23. The van der Waals surface area contributed by atoms with Crippen molar-refractivity contribution in [1.29, 1.82) is 0 Å². The van der Waals surface area contributed by atoms with Crippen LogP contribution in [0.3, 0.4) is 0 Å². The van der Waals surface area contributed by atoms with Crippen molar-refractivity contribution in [2.45, 2.75) is 37.4 Å². The molecule has 0 saturated carbocycles. The molecule has 0 saturated heterocycles. The quantitative estimate of drug-likeness (QED) is 0.431. The van der Waals surface area contributed by atoms with E-state index in [4.69, 9.17) is 16.3 Å². The summed E-state index contributed by atoms with van der Waals surface area (Å²) >= 11 is 5.65. The Kier molecular flexibility index (Phi) is 7.30. The molecule has 0 aliphatic carbocycles. The topological polar surface area (TPSA) is 68.3 Å². The fourth-order valence-corrected chi connectivity index (χ4v) is 2.69. The van der Waals surface area contributed by atoms with Crippen molar-refractivity contribution in [3.8, 4) is 0 Å². The van der Waals surface area contributed by atoms with E-state index >= 15 is 0 Å². The number of nitrogens with one attached hydrogen (secondary N) is 1. The summed E-state index contributed by atoms with van der Waals surface area (Å²) in [5, 5.41) is -0.0198. The normalized spacial score (nSPS) is 13.4. The fraction of sp³-hybridized carbons (Fsp3) is 0.583. The van der Waals surface area contributed by atoms with Crippen molar-refractivity contribution >= 4 is 21.6 Å². The van der Waals surface area contributed by atoms with Crippen LogP contribution in [0, 0.1) is 0 Å². The number of nitrogens with zero attached hydrogens (tertiary/aromatic N) is 1. The van der Waals surface area contributed by atoms with E-state index in [1.807, 2.05) is 6.92 Å². The van der Waals surface area contributed by atoms with Crippen LogP contribution in [0.2, 0.25) is 0 Å². The van der Waals surface area contributed by atoms with Crippen molar-refractivity contribution < 1.29 is 13.2 Å². The van der Waals surface area contributed by atoms with Gasteiger partial charge >= 0.3 is 0 Å². The zero-order chi connectivity index (χ0) is 14.1. The summed E-state index contributed by atoms with van der Waals surface area (Å²) in [6.45, 7) is 2.54. The molecule has 0 bridgehead atoms. The predicted molar refractivity (Wildman–Crippen MR) is 74.5 cm³/mol. The maximum atomic E-state index is 12.1. The van der Waals surface area contributed by atoms with Gasteiger partial charge in [-0.15, -0.1) is 11.6 Å². The van der Waals surface area contributed by atoms with Crippen molar-refractivity contribution in [2.75, 3.05) is 12.5 Å². The highest BCUT2D eigenvalue weighted by Crippen LogP contribution is 2.08. The summed E-state index contributed by atoms with van der Waals surface area (Å²) in [7, 11) is -3.66. The first kappa shape index (κ1) is 16.4. The van der Waals surface area contributed by atoms with Crippen molar-refractivity contribution in [1.82, 2.24) is 9.71 Å². The van der Waals surface area contributed by atoms with Crippen LogP contribution in [-0.4, -0.2) is 32.1 Å². The summed E-state index contributed by atoms with van der Waals surface area (Å²) in [5.41, 5.74) is 0. The number of ether oxygens (including phenoxy) is 1. The van der Waals surface area contributed by atoms with E-state index in [1.165, 1.54) is 12.3 Å². The van der Waals surface area contributed by atoms with Gasteiger partial charge in [0.1, 0.15) is 6.23 Å². The number of alkyl halides is 1. The largest absolute Gasteiger partial charge is 0.362 e. The molecule has 108 valence electrons. The lowest BCUT2D eigenvalue weighted by molar-refractivity contribution is 0.0421. The predicted octanol–water partition coefficient (Wildman–Crippen LogP) is 2.13. The van der Waals surface area contributed by atoms with Gasteiger partial charge in [-0.05, 0) is 18.6 Å². The fourth-order valence-electron chi connectivity index (χ4n) is 1.38. The molecule has 5 nitrogen and oxygen atoms in total. The van der Waals surface area contributed by atoms with E-state index in [9.17, 15) is 8.42 Å². The highest BCUT2D eigenvalue weighted by atomic mass is 35.5. The molecule has 1 unspecified atom stereocenters. The number of aromatic nitrogens is 1. The molecule has 0 radical (unpaired) electrons. The van der Waals surface area contributed by atoms with Crippen LogP contribution in [0.1, 0.15) is 26.2 Å². The van der Waals surface area contributed by atoms with E-state index in [1.54, 1.807) is 12.1 Å². The zero-order valence-corrected chi connectivity index (χ0v) is 12.5. The molecule has 1 heterocycles. The Hall–Kier alpha value is -0.690. The van der Waals surface area contributed by atoms with Gasteiger partial charge in [0, 0.05) is 25.1 Å². The second-order valence-corrected chi connectivity index (χ2v) is 6.02. The molecule has 1 atom stereocenters. The highest BCUT2D eigenvalue weighted by molar-refractivity contribution is 7.89. The lowest BCUT2D eigenvalue weighted by Gasteiger charge is -2.18. The zero-order valence-electron chi connectivity index (χ0n) is 10.9. The van der Waals surface area contributed by atoms with Gasteiger partial charge in [-0.25, -0.2) is 13.4 Å². The standard InChI is InChI=1S/C12H19ClN2O3S/c1-2-3-10-18-11(7-8-13)15-19(16,17)12-6-4-5-9-14-12/h4-6,9,11,15H,2-3,7-8,10H2,1H3. The molecule has 0 aliphatic rings. The lowest BCUT2D eigenvalue weighted by atomic mass is 10.3. The van der Waals surface area contributed by atoms with E-state index < -0.39 is 16.3 Å². The molecule has 0 amide bonds. The van der Waals surface area contributed by atoms with Crippen LogP contribution in [0.5, 0.6) is 0 Å². The number of rotatable bonds is 9. The van der Waals surface area contributed by atoms with Gasteiger partial charge < -0.3 is 4.74 Å². The Balaban J connectivity index is 2.67. The molecular weight excluding hydrogens is 288 g/mol. The molecule has 1 N–H and O–H groups in total. The Labute approximate surface area is 119 Å². The molecule has 0 spiro atoms. The Morgan fingerprint density at radius 2 is 2.26 bits per heavy atom. The second-order valence-electron chi connectivity index (χ2n) is 3.98. The van der Waals surface area contributed by atoms with Crippen molar-refractivity contribution in [2.24, 2.45) is 0 Å². The number of halogens is 1. The summed E-state index contributed by atoms with van der Waals surface area (Å²) in [5.74, 6) is 0.321. The van der Waals surface area contributed by atoms with Crippen LogP contribution in [0.25, 0.3) is 0 Å². The molecule has 1 rings (SSSR count). The maximum absolute atomic E-state index is 12.1. The molecule has 0 fully saturated rings. The number of hydrogen-bond donors (Lipinski definition) is 1. The smallest absolute Gasteiger partial charge is 0.260 e. The number of unbranched alkanes of at least 4 members (excludes halogenated alkanes) is 1. The SMILES string of the molecule is CCCCOC(CCCl)NS(=O)(=O)c1ccccn1. The summed E-state index contributed by atoms with van der Waals surface area (Å²) in [6.07, 6.45) is 3.10. The summed E-state index contributed by atoms with van der Waals surface area (Å²) < 4.78 is 32.1. The van der Waals surface area contributed by atoms with E-state index in [0.717, 1.165) is 12.8 Å². The number of hydrogen-bond acceptors (Lipinski definition) is 4. The van der Waals surface area contributed by atoms with Gasteiger partial charge in [-0.2, -0.15) is 4.72 Å². The van der Waals surface area contributed by atoms with Crippen molar-refractivity contribution in [3.05, 3.63) is 24.4 Å². The molecule has 7 heteroatoms. The minimum Gasteiger partial charge on any atom is -0.362 e. The number of sulfonamides is 1. The highest BCUT2D eigenvalue weighted by Gasteiger charge is 2.20. The third kappa shape index (κ3) is 5.86. The van der Waals surface area contributed by atoms with Gasteiger partial charge in [-0.1, -0.05) is 19.4 Å². The molecule has 1 aromatic heterocycles. The van der Waals surface area contributed by atoms with Gasteiger partial charge in [0.25, 0.3) is 10.0 Å². The van der Waals surface area contributed by atoms with Gasteiger partial charge in [0.05, 0.1) is 0 Å². The average molecular weight is 307 g/mol. The second kappa shape index (κ2) is 8.47. The summed E-state index contributed by atoms with van der Waals surface area (Å²) in [4.78, 5) is 3.82. The Bertz CT molecular complexity index is 453. The minimum absolute atomic E-state index is 0.0198. The monoisotopic (exact) mass is 306 g/mol. The molecule has 19 heavy (non-hydrogen) atoms. The van der Waals surface area contributed by atoms with Crippen LogP contribution in [-0.2, 0) is 14.8 Å². The Morgan fingerprint density at radius 3 is 2.84 bits per heavy atom. The van der Waals surface area contributed by atoms with Gasteiger partial charge in [0.2, 0.25) is 0 Å². The lowest BCUT2D eigenvalue weighted by Crippen LogP contribution is -2.37. The molecular formula is C12H19ClN2O3S. The Morgan fingerprint density at radius 1 is 1.47 bits per heavy atom. The van der Waals surface area contributed by atoms with Gasteiger partial charge in [-0.3, -0.25) is 0 Å². The van der Waals surface area contributed by atoms with Crippen LogP contribution in [0.15, 0.2) is 29.4 Å². The maximum Gasteiger partial charge on any atom is 0.260 e. The van der Waals surface area contributed by atoms with Crippen LogP contribution >= 0.6 is 11.6 Å². The van der Waals surface area contributed by atoms with Crippen molar-refractivity contribution in [3.63, 3.8) is 0 Å². The summed E-state index contributed by atoms with van der Waals surface area (Å²) in [6, 6.07) is 4.72. The third-order valence-corrected chi connectivity index (χ3v) is 3.97. The van der Waals surface area contributed by atoms with E-state index in [0.29, 0.717) is 18.9 Å². The molecule has 1 aromatic rings. The van der Waals surface area contributed by atoms with E-state index in [-0.39, 0.29) is 5.03 Å². The third-order valence-electron chi connectivity index (χ3n) is 2.39. The first-order valence-electron chi connectivity index (χ1n) is 6.21. The van der Waals surface area contributed by atoms with E-state index in [2.05, 4.69) is 9.71 Å². The van der Waals surface area contributed by atoms with Gasteiger partial charge in [0.15, 0.2) is 5.03 Å². The first-order chi connectivity index (χ1) is 9.10. The van der Waals surface area contributed by atoms with Crippen LogP contribution < -0.4 is 4.72 Å². The van der Waals surface area contributed by atoms with Crippen LogP contribution in [0.4, 0.5) is 0 Å². The molecule has 0 aromatic carbocycles. The average Bonchev–Trinajstić information content (AvgIpc) is 2.40. The number of pyridine rings is 1. The molecule has 0 aliphatic heterocycles. The minimum atomic E-state index is -3.66.